The number of ether oxygens (including phenoxy) is 9. The van der Waals surface area contributed by atoms with Gasteiger partial charge in [-0.05, 0) is 12.8 Å². The van der Waals surface area contributed by atoms with Crippen molar-refractivity contribution in [3.63, 3.8) is 0 Å². The molecular weight excluding hydrogens is 1090 g/mol. The molecule has 34 nitrogen and oxygen atoms in total. The summed E-state index contributed by atoms with van der Waals surface area (Å²) in [5.41, 5.74) is 1.40. The molecule has 5 aliphatic heterocycles. The van der Waals surface area contributed by atoms with Crippen LogP contribution in [0.25, 0.3) is 0 Å². The van der Waals surface area contributed by atoms with E-state index in [0.717, 1.165) is 0 Å². The Bertz CT molecular complexity index is 2300. The second kappa shape index (κ2) is 24.5. The Morgan fingerprint density at radius 1 is 0.466 bits per heavy atom. The van der Waals surface area contributed by atoms with Crippen LogP contribution in [0.1, 0.15) is 41.5 Å². The van der Waals surface area contributed by atoms with Crippen LogP contribution in [0.3, 0.4) is 0 Å². The van der Waals surface area contributed by atoms with Crippen LogP contribution in [-0.4, -0.2) is 231 Å². The van der Waals surface area contributed by atoms with Gasteiger partial charge in [-0.1, -0.05) is 34.6 Å². The average Bonchev–Trinajstić information content (AvgIpc) is 3.27. The zero-order valence-corrected chi connectivity index (χ0v) is 42.3. The maximum absolute atomic E-state index is 12.7. The second-order valence-electron chi connectivity index (χ2n) is 18.0. The lowest BCUT2D eigenvalue weighted by atomic mass is 9.84. The van der Waals surface area contributed by atoms with E-state index in [4.69, 9.17) is 51.7 Å². The number of rotatable bonds is 21. The Morgan fingerprint density at radius 3 is 1.42 bits per heavy atom. The smallest absolute Gasteiger partial charge is 0.397 e. The quantitative estimate of drug-likeness (QED) is 0.0379. The predicted molar refractivity (Wildman–Crippen MR) is 227 cm³/mol. The van der Waals surface area contributed by atoms with E-state index < -0.39 is 220 Å². The van der Waals surface area contributed by atoms with Gasteiger partial charge in [0.15, 0.2) is 37.4 Å². The summed E-state index contributed by atoms with van der Waals surface area (Å²) < 4.78 is 200. The zero-order valence-electron chi connectivity index (χ0n) is 39.0. The lowest BCUT2D eigenvalue weighted by Gasteiger charge is -2.51. The van der Waals surface area contributed by atoms with Gasteiger partial charge in [-0.15, -0.1) is 0 Å². The summed E-state index contributed by atoms with van der Waals surface area (Å²) >= 11 is 0. The Hall–Kier alpha value is -1.69. The highest BCUT2D eigenvalue weighted by Crippen LogP contribution is 2.41. The van der Waals surface area contributed by atoms with Crippen molar-refractivity contribution in [1.82, 2.24) is 5.48 Å². The minimum Gasteiger partial charge on any atom is -0.786 e. The average molecular weight is 1150 g/mol. The van der Waals surface area contributed by atoms with E-state index in [9.17, 15) is 83.4 Å². The maximum atomic E-state index is 12.7. The van der Waals surface area contributed by atoms with Gasteiger partial charge in [0.2, 0.25) is 0 Å². The lowest BCUT2D eigenvalue weighted by Crippen LogP contribution is -2.67. The highest BCUT2D eigenvalue weighted by Gasteiger charge is 2.57. The number of nitrogens with one attached hydrogen (secondary N) is 1. The summed E-state index contributed by atoms with van der Waals surface area (Å²) in [6.07, 6.45) is -36.6. The summed E-state index contributed by atoms with van der Waals surface area (Å²) in [6.45, 7) is 5.21. The molecular formula is C35H60NO33S4-. The number of aliphatic carboxylic acids is 1. The minimum absolute atomic E-state index is 0.815. The van der Waals surface area contributed by atoms with E-state index in [1.54, 1.807) is 0 Å². The van der Waals surface area contributed by atoms with Gasteiger partial charge in [-0.2, -0.15) is 33.7 Å². The zero-order chi connectivity index (χ0) is 55.0. The number of carboxylic acid groups (broad SMARTS) is 1. The van der Waals surface area contributed by atoms with Crippen molar-refractivity contribution in [3.05, 3.63) is 5.21 Å². The molecule has 5 fully saturated rings. The Morgan fingerprint density at radius 2 is 0.904 bits per heavy atom. The third kappa shape index (κ3) is 16.0. The summed E-state index contributed by atoms with van der Waals surface area (Å²) in [6, 6.07) is 0. The molecule has 428 valence electrons. The monoisotopic (exact) mass is 1150 g/mol. The van der Waals surface area contributed by atoms with E-state index in [1.165, 1.54) is 47.0 Å². The Balaban J connectivity index is 1.37. The standard InChI is InChI=1S/C35H60NO33S4/c1-10-11(2)32(66-27-23(41)28(69-73(54,55)56)35(68-30(27)36-44)64-25-18(9-59-72(51,52)53)60-15(6)12(3)20(25)38)62-17(8-58-71(48,49)50)24(10)63-34-14(5)21(39)26(29(67-34)31(42)43)65-33-13(4)19(37)22(40)16(61-33)7-57-70(45,46)47/h10-30,32-41H,7-9H2,1-6H3,(H,42,43)(H,45,46,47)(H,48,49,50)(H,51,52,53)(H,54,55,56)/q-1/t10-,11?,12?,13?,14?,15-,16?,17?,18?,19-,20-,21-,22-,23?,24+,25-,26+,27+,28?,29?,30-,32-,33-,34-,35-/m1/s1. The molecule has 10 unspecified atom stereocenters. The minimum atomic E-state index is -5.58. The molecule has 25 atom stereocenters. The topological polar surface area (TPSA) is 511 Å². The van der Waals surface area contributed by atoms with Crippen molar-refractivity contribution in [2.75, 3.05) is 19.8 Å². The number of aliphatic hydroxyl groups is 5. The molecule has 0 amide bonds. The third-order valence-electron chi connectivity index (χ3n) is 13.1. The van der Waals surface area contributed by atoms with E-state index >= 15 is 0 Å². The summed E-state index contributed by atoms with van der Waals surface area (Å²) in [5.74, 6) is -7.12. The molecule has 5 heterocycles. The molecule has 0 aromatic carbocycles. The van der Waals surface area contributed by atoms with Crippen molar-refractivity contribution < 1.29 is 147 Å². The SMILES string of the molecule is CC1[C@@H](O[C@H]2C(O)C(OS(=O)(=O)O)[C@H](O[C@@H]3C(COS(=O)(=O)O)O[C@H](C)C(C)[C@H]3O)O[C@H]2N[O-])OC(COS(=O)(=O)O)[C@@H](O[C@@H]2OC(C(=O)O)[C@@H](O[C@H]3OC(COS(=O)(=O)O)[C@@H](O)[C@H](O)C3C)[C@H](O)C2C)[C@@H]1C. The van der Waals surface area contributed by atoms with Crippen LogP contribution in [0.5, 0.6) is 0 Å². The fourth-order valence-electron chi connectivity index (χ4n) is 8.70. The molecule has 5 rings (SSSR count). The van der Waals surface area contributed by atoms with Gasteiger partial charge < -0.3 is 84.0 Å². The van der Waals surface area contributed by atoms with Crippen LogP contribution in [-0.2, 0) is 106 Å². The molecule has 0 radical (unpaired) electrons. The Kier molecular flexibility index (Phi) is 20.9. The van der Waals surface area contributed by atoms with E-state index in [-0.39, 0.29) is 0 Å². The van der Waals surface area contributed by atoms with Crippen molar-refractivity contribution in [2.45, 2.75) is 164 Å². The number of hydroxylamine groups is 1. The molecule has 0 spiro atoms. The molecule has 0 bridgehead atoms. The fraction of sp³-hybridized carbons (Fsp3) is 0.971. The van der Waals surface area contributed by atoms with Crippen LogP contribution in [0.2, 0.25) is 0 Å². The molecule has 0 saturated carbocycles. The van der Waals surface area contributed by atoms with Gasteiger partial charge in [0.1, 0.15) is 55.1 Å². The van der Waals surface area contributed by atoms with Crippen molar-refractivity contribution in [3.8, 4) is 0 Å². The summed E-state index contributed by atoms with van der Waals surface area (Å²) in [4.78, 5) is 12.7. The molecule has 5 saturated heterocycles. The van der Waals surface area contributed by atoms with Gasteiger partial charge in [-0.25, -0.2) is 21.5 Å². The normalized spacial score (nSPS) is 44.4. The number of hydrogen-bond donors (Lipinski definition) is 11. The molecule has 11 N–H and O–H groups in total. The number of carbonyl (C=O) groups is 1. The van der Waals surface area contributed by atoms with Gasteiger partial charge in [0, 0.05) is 23.7 Å². The van der Waals surface area contributed by atoms with Gasteiger partial charge in [0.25, 0.3) is 0 Å². The first-order chi connectivity index (χ1) is 33.5. The van der Waals surface area contributed by atoms with Crippen LogP contribution in [0.15, 0.2) is 0 Å². The van der Waals surface area contributed by atoms with Crippen LogP contribution in [0.4, 0.5) is 0 Å². The first-order valence-electron chi connectivity index (χ1n) is 21.9. The number of carboxylic acids is 1. The second-order valence-corrected chi connectivity index (χ2v) is 22.4. The molecule has 38 heteroatoms. The lowest BCUT2D eigenvalue weighted by molar-refractivity contribution is -0.374. The maximum Gasteiger partial charge on any atom is 0.397 e. The van der Waals surface area contributed by atoms with Crippen molar-refractivity contribution in [2.24, 2.45) is 29.6 Å². The van der Waals surface area contributed by atoms with Crippen LogP contribution >= 0.6 is 0 Å². The largest absolute Gasteiger partial charge is 0.786 e. The third-order valence-corrected chi connectivity index (χ3v) is 14.9. The Labute approximate surface area is 417 Å². The number of hydrogen-bond acceptors (Lipinski definition) is 29. The fourth-order valence-corrected chi connectivity index (χ4v) is 10.1. The highest BCUT2D eigenvalue weighted by molar-refractivity contribution is 7.81. The first-order valence-corrected chi connectivity index (χ1v) is 27.4. The van der Waals surface area contributed by atoms with Crippen LogP contribution in [0, 0.1) is 34.8 Å². The molecule has 5 aliphatic rings. The van der Waals surface area contributed by atoms with E-state index in [2.05, 4.69) is 16.7 Å². The number of aliphatic hydroxyl groups excluding tert-OH is 5. The molecule has 0 aromatic rings. The summed E-state index contributed by atoms with van der Waals surface area (Å²) in [7, 11) is -21.0. The molecule has 0 aromatic heterocycles. The predicted octanol–water partition coefficient (Wildman–Crippen LogP) is -5.03. The molecule has 73 heavy (non-hydrogen) atoms. The summed E-state index contributed by atoms with van der Waals surface area (Å²) in [5, 5.41) is 78.1. The van der Waals surface area contributed by atoms with Crippen LogP contribution < -0.4 is 5.48 Å². The van der Waals surface area contributed by atoms with Gasteiger partial charge in [0.05, 0.1) is 50.3 Å². The van der Waals surface area contributed by atoms with Gasteiger partial charge in [-0.3, -0.25) is 18.2 Å². The van der Waals surface area contributed by atoms with Gasteiger partial charge >= 0.3 is 47.6 Å². The van der Waals surface area contributed by atoms with Crippen molar-refractivity contribution in [1.29, 1.82) is 0 Å². The highest BCUT2D eigenvalue weighted by atomic mass is 32.3. The van der Waals surface area contributed by atoms with Crippen molar-refractivity contribution >= 4 is 47.6 Å². The van der Waals surface area contributed by atoms with E-state index in [0.29, 0.717) is 0 Å². The first kappa shape index (κ1) is 62.2. The molecule has 0 aliphatic carbocycles. The van der Waals surface area contributed by atoms with E-state index in [1.807, 2.05) is 0 Å².